The maximum absolute atomic E-state index is 11.8. The maximum Gasteiger partial charge on any atom is 0.312 e. The molecule has 0 heterocycles. The molecule has 0 unspecified atom stereocenters. The van der Waals surface area contributed by atoms with Gasteiger partial charge in [0.25, 0.3) is 0 Å². The number of ether oxygens (including phenoxy) is 1. The number of esters is 1. The average Bonchev–Trinajstić information content (AvgIpc) is 2.53. The number of nitrogens with two attached hydrogens (primary N) is 1. The number of carbonyl (C=O) groups is 3. The molecule has 0 saturated heterocycles. The molecule has 0 saturated carbocycles. The fraction of sp³-hybridized carbons (Fsp3) is 0.438. The molecule has 126 valence electrons. The number of anilines is 1. The van der Waals surface area contributed by atoms with Crippen LogP contribution < -0.4 is 16.4 Å². The Morgan fingerprint density at radius 1 is 1.13 bits per heavy atom. The Balaban J connectivity index is 2.27. The molecule has 7 heteroatoms. The number of hydrogen-bond donors (Lipinski definition) is 3. The second kappa shape index (κ2) is 10.2. The Hall–Kier alpha value is -2.57. The summed E-state index contributed by atoms with van der Waals surface area (Å²) in [4.78, 5) is 33.3. The Morgan fingerprint density at radius 2 is 1.83 bits per heavy atom. The van der Waals surface area contributed by atoms with E-state index in [-0.39, 0.29) is 18.5 Å². The van der Waals surface area contributed by atoms with Crippen molar-refractivity contribution in [2.24, 2.45) is 5.73 Å². The van der Waals surface area contributed by atoms with E-state index in [1.54, 1.807) is 31.2 Å². The van der Waals surface area contributed by atoms with Gasteiger partial charge in [-0.05, 0) is 30.5 Å². The van der Waals surface area contributed by atoms with Gasteiger partial charge in [0.05, 0.1) is 0 Å². The molecule has 4 N–H and O–H groups in total. The van der Waals surface area contributed by atoms with Gasteiger partial charge < -0.3 is 21.1 Å². The predicted molar refractivity (Wildman–Crippen MR) is 86.6 cm³/mol. The monoisotopic (exact) mass is 321 g/mol. The number of hydrogen-bond acceptors (Lipinski definition) is 4. The molecule has 23 heavy (non-hydrogen) atoms. The third-order valence-corrected chi connectivity index (χ3v) is 3.06. The molecule has 0 spiro atoms. The van der Waals surface area contributed by atoms with Crippen LogP contribution in [0.5, 0.6) is 0 Å². The lowest BCUT2D eigenvalue weighted by molar-refractivity contribution is -0.144. The summed E-state index contributed by atoms with van der Waals surface area (Å²) in [5, 5.41) is 5.26. The summed E-state index contributed by atoms with van der Waals surface area (Å²) in [7, 11) is 0. The van der Waals surface area contributed by atoms with Crippen molar-refractivity contribution in [2.45, 2.75) is 39.2 Å². The molecule has 0 aromatic heterocycles. The molecule has 0 aliphatic rings. The SMILES string of the molecule is CCC(=O)OCc1ccc(NC(=O)CCCCNC(N)=O)cc1. The third kappa shape index (κ3) is 8.45. The average molecular weight is 321 g/mol. The smallest absolute Gasteiger partial charge is 0.312 e. The summed E-state index contributed by atoms with van der Waals surface area (Å²) in [6.07, 6.45) is 2.08. The second-order valence-corrected chi connectivity index (χ2v) is 5.01. The van der Waals surface area contributed by atoms with Crippen LogP contribution in [-0.4, -0.2) is 24.5 Å². The highest BCUT2D eigenvalue weighted by Gasteiger charge is 2.04. The molecule has 0 atom stereocenters. The zero-order chi connectivity index (χ0) is 17.1. The largest absolute Gasteiger partial charge is 0.461 e. The van der Waals surface area contributed by atoms with Crippen molar-refractivity contribution in [2.75, 3.05) is 11.9 Å². The third-order valence-electron chi connectivity index (χ3n) is 3.06. The number of carbonyl (C=O) groups excluding carboxylic acids is 3. The Labute approximate surface area is 135 Å². The van der Waals surface area contributed by atoms with Crippen LogP contribution in [0.15, 0.2) is 24.3 Å². The predicted octanol–water partition coefficient (Wildman–Crippen LogP) is 1.92. The zero-order valence-electron chi connectivity index (χ0n) is 13.3. The van der Waals surface area contributed by atoms with Gasteiger partial charge in [0.2, 0.25) is 5.91 Å². The van der Waals surface area contributed by atoms with Crippen molar-refractivity contribution < 1.29 is 19.1 Å². The van der Waals surface area contributed by atoms with Crippen LogP contribution in [0.2, 0.25) is 0 Å². The standard InChI is InChI=1S/C16H23N3O4/c1-2-15(21)23-11-12-6-8-13(9-7-12)19-14(20)5-3-4-10-18-16(17)22/h6-9H,2-5,10-11H2,1H3,(H,19,20)(H3,17,18,22). The lowest BCUT2D eigenvalue weighted by atomic mass is 10.2. The number of unbranched alkanes of at least 4 members (excludes halogenated alkanes) is 1. The molecule has 0 fully saturated rings. The van der Waals surface area contributed by atoms with Crippen molar-refractivity contribution in [3.8, 4) is 0 Å². The quantitative estimate of drug-likeness (QED) is 0.476. The molecular weight excluding hydrogens is 298 g/mol. The Kier molecular flexibility index (Phi) is 8.20. The summed E-state index contributed by atoms with van der Waals surface area (Å²) in [6.45, 7) is 2.44. The van der Waals surface area contributed by atoms with Gasteiger partial charge in [0.1, 0.15) is 6.61 Å². The molecule has 1 rings (SSSR count). The minimum Gasteiger partial charge on any atom is -0.461 e. The lowest BCUT2D eigenvalue weighted by Crippen LogP contribution is -2.30. The summed E-state index contributed by atoms with van der Waals surface area (Å²) in [5.41, 5.74) is 6.49. The summed E-state index contributed by atoms with van der Waals surface area (Å²) < 4.78 is 5.03. The van der Waals surface area contributed by atoms with Gasteiger partial charge in [-0.3, -0.25) is 9.59 Å². The van der Waals surface area contributed by atoms with E-state index in [1.807, 2.05) is 0 Å². The van der Waals surface area contributed by atoms with E-state index in [1.165, 1.54) is 0 Å². The molecule has 7 nitrogen and oxygen atoms in total. The number of rotatable bonds is 9. The number of amides is 3. The minimum atomic E-state index is -0.556. The van der Waals surface area contributed by atoms with Gasteiger partial charge >= 0.3 is 12.0 Å². The van der Waals surface area contributed by atoms with Crippen LogP contribution in [0.25, 0.3) is 0 Å². The number of urea groups is 1. The van der Waals surface area contributed by atoms with Crippen LogP contribution in [0.1, 0.15) is 38.2 Å². The highest BCUT2D eigenvalue weighted by Crippen LogP contribution is 2.11. The van der Waals surface area contributed by atoms with E-state index >= 15 is 0 Å². The molecule has 0 radical (unpaired) electrons. The highest BCUT2D eigenvalue weighted by molar-refractivity contribution is 5.90. The van der Waals surface area contributed by atoms with Crippen LogP contribution >= 0.6 is 0 Å². The first kappa shape index (κ1) is 18.5. The van der Waals surface area contributed by atoms with Crippen LogP contribution in [0.3, 0.4) is 0 Å². The normalized spacial score (nSPS) is 9.96. The van der Waals surface area contributed by atoms with Gasteiger partial charge in [-0.2, -0.15) is 0 Å². The molecule has 3 amide bonds. The molecule has 1 aromatic carbocycles. The Bertz CT molecular complexity index is 529. The zero-order valence-corrected chi connectivity index (χ0v) is 13.3. The van der Waals surface area contributed by atoms with Gasteiger partial charge in [-0.1, -0.05) is 19.1 Å². The van der Waals surface area contributed by atoms with E-state index in [4.69, 9.17) is 10.5 Å². The molecule has 0 aliphatic carbocycles. The van der Waals surface area contributed by atoms with E-state index in [2.05, 4.69) is 10.6 Å². The fourth-order valence-corrected chi connectivity index (χ4v) is 1.80. The lowest BCUT2D eigenvalue weighted by Gasteiger charge is -2.07. The topological polar surface area (TPSA) is 111 Å². The van der Waals surface area contributed by atoms with Gasteiger partial charge in [-0.25, -0.2) is 4.79 Å². The van der Waals surface area contributed by atoms with Gasteiger partial charge in [-0.15, -0.1) is 0 Å². The first-order chi connectivity index (χ1) is 11.0. The van der Waals surface area contributed by atoms with E-state index < -0.39 is 6.03 Å². The van der Waals surface area contributed by atoms with Gasteiger partial charge in [0.15, 0.2) is 0 Å². The number of nitrogens with one attached hydrogen (secondary N) is 2. The summed E-state index contributed by atoms with van der Waals surface area (Å²) in [6, 6.07) is 6.58. The maximum atomic E-state index is 11.8. The Morgan fingerprint density at radius 3 is 2.43 bits per heavy atom. The first-order valence-electron chi connectivity index (χ1n) is 7.59. The van der Waals surface area contributed by atoms with E-state index in [9.17, 15) is 14.4 Å². The second-order valence-electron chi connectivity index (χ2n) is 5.01. The van der Waals surface area contributed by atoms with E-state index in [0.717, 1.165) is 5.56 Å². The highest BCUT2D eigenvalue weighted by atomic mass is 16.5. The minimum absolute atomic E-state index is 0.0887. The van der Waals surface area contributed by atoms with Crippen molar-refractivity contribution in [1.29, 1.82) is 0 Å². The number of benzene rings is 1. The molecule has 1 aromatic rings. The van der Waals surface area contributed by atoms with Crippen molar-refractivity contribution >= 4 is 23.6 Å². The molecular formula is C16H23N3O4. The van der Waals surface area contributed by atoms with Crippen molar-refractivity contribution in [3.63, 3.8) is 0 Å². The van der Waals surface area contributed by atoms with E-state index in [0.29, 0.717) is 37.9 Å². The fourth-order valence-electron chi connectivity index (χ4n) is 1.80. The van der Waals surface area contributed by atoms with Crippen LogP contribution in [-0.2, 0) is 20.9 Å². The van der Waals surface area contributed by atoms with Crippen molar-refractivity contribution in [1.82, 2.24) is 5.32 Å². The van der Waals surface area contributed by atoms with Crippen LogP contribution in [0.4, 0.5) is 10.5 Å². The van der Waals surface area contributed by atoms with Crippen LogP contribution in [0, 0.1) is 0 Å². The first-order valence-corrected chi connectivity index (χ1v) is 7.59. The van der Waals surface area contributed by atoms with Gasteiger partial charge in [0, 0.05) is 25.1 Å². The van der Waals surface area contributed by atoms with Crippen molar-refractivity contribution in [3.05, 3.63) is 29.8 Å². The number of primary amides is 1. The summed E-state index contributed by atoms with van der Waals surface area (Å²) in [5.74, 6) is -0.331. The molecule has 0 aliphatic heterocycles. The molecule has 0 bridgehead atoms. The summed E-state index contributed by atoms with van der Waals surface area (Å²) >= 11 is 0.